The normalized spacial score (nSPS) is 31.4. The summed E-state index contributed by atoms with van der Waals surface area (Å²) in [4.78, 5) is 27.1. The van der Waals surface area contributed by atoms with Gasteiger partial charge in [-0.1, -0.05) is 10.2 Å². The van der Waals surface area contributed by atoms with E-state index in [-0.39, 0.29) is 13.0 Å². The Morgan fingerprint density at radius 3 is 2.57 bits per heavy atom. The predicted molar refractivity (Wildman–Crippen MR) is 67.4 cm³/mol. The Balaban J connectivity index is 3.20. The van der Waals surface area contributed by atoms with Gasteiger partial charge in [-0.25, -0.2) is 0 Å². The van der Waals surface area contributed by atoms with Crippen LogP contribution in [0, 0.1) is 16.0 Å². The highest BCUT2D eigenvalue weighted by Crippen LogP contribution is 2.32. The summed E-state index contributed by atoms with van der Waals surface area (Å²) in [6, 6.07) is -4.07. The molecular formula is C9H13N7O5. The van der Waals surface area contributed by atoms with E-state index in [2.05, 4.69) is 20.1 Å². The van der Waals surface area contributed by atoms with Gasteiger partial charge in [0, 0.05) is 20.8 Å². The predicted octanol–water partition coefficient (Wildman–Crippen LogP) is 0.933. The molecular weight excluding hydrogens is 286 g/mol. The second-order valence-electron chi connectivity index (χ2n) is 4.33. The van der Waals surface area contributed by atoms with Gasteiger partial charge >= 0.3 is 5.97 Å². The standard InChI is InChI=1S/C9H13N7O5/c1-2-21-9(18)4-3-5(12-14-10)6(13-15-11)8(17)7(4)16(19)20/h4-8,17H,2-3H2,1H3/t4?,5?,6?,7?,8-/m0/s1. The number of esters is 1. The minimum atomic E-state index is -1.76. The van der Waals surface area contributed by atoms with Crippen molar-refractivity contribution in [1.82, 2.24) is 0 Å². The van der Waals surface area contributed by atoms with Crippen LogP contribution >= 0.6 is 0 Å². The van der Waals surface area contributed by atoms with Crippen molar-refractivity contribution in [2.24, 2.45) is 16.1 Å². The van der Waals surface area contributed by atoms with Crippen molar-refractivity contribution in [2.75, 3.05) is 6.61 Å². The molecule has 0 aromatic carbocycles. The minimum Gasteiger partial charge on any atom is -0.466 e. The molecule has 1 N–H and O–H groups in total. The molecule has 5 atom stereocenters. The first-order chi connectivity index (χ1) is 9.97. The number of rotatable bonds is 5. The Bertz CT molecular complexity index is 513. The lowest BCUT2D eigenvalue weighted by Crippen LogP contribution is -2.57. The first-order valence-electron chi connectivity index (χ1n) is 6.04. The minimum absolute atomic E-state index is 0.0157. The third-order valence-corrected chi connectivity index (χ3v) is 3.22. The summed E-state index contributed by atoms with van der Waals surface area (Å²) < 4.78 is 4.74. The Labute approximate surface area is 118 Å². The van der Waals surface area contributed by atoms with Crippen LogP contribution in [0.4, 0.5) is 0 Å². The molecule has 12 nitrogen and oxygen atoms in total. The van der Waals surface area contributed by atoms with Gasteiger partial charge in [0.1, 0.15) is 12.0 Å². The van der Waals surface area contributed by atoms with Gasteiger partial charge in [-0.2, -0.15) is 0 Å². The molecule has 0 aliphatic heterocycles. The number of azide groups is 2. The molecule has 12 heteroatoms. The van der Waals surface area contributed by atoms with Crippen molar-refractivity contribution in [1.29, 1.82) is 0 Å². The first kappa shape index (κ1) is 16.5. The second kappa shape index (κ2) is 7.29. The fraction of sp³-hybridized carbons (Fsp3) is 0.889. The van der Waals surface area contributed by atoms with Crippen molar-refractivity contribution < 1.29 is 19.6 Å². The molecule has 0 aromatic heterocycles. The van der Waals surface area contributed by atoms with Crippen LogP contribution in [0.2, 0.25) is 0 Å². The Kier molecular flexibility index (Phi) is 5.73. The van der Waals surface area contributed by atoms with Crippen LogP contribution in [0.3, 0.4) is 0 Å². The van der Waals surface area contributed by atoms with Crippen LogP contribution in [0.15, 0.2) is 10.2 Å². The van der Waals surface area contributed by atoms with Crippen molar-refractivity contribution >= 4 is 5.97 Å². The molecule has 0 spiro atoms. The summed E-state index contributed by atoms with van der Waals surface area (Å²) in [5.74, 6) is -2.15. The lowest BCUT2D eigenvalue weighted by atomic mass is 9.77. The molecule has 0 radical (unpaired) electrons. The average Bonchev–Trinajstić information content (AvgIpc) is 2.42. The van der Waals surface area contributed by atoms with Crippen LogP contribution in [-0.2, 0) is 9.53 Å². The van der Waals surface area contributed by atoms with Gasteiger partial charge in [-0.15, -0.1) is 0 Å². The van der Waals surface area contributed by atoms with Crippen molar-refractivity contribution in [3.63, 3.8) is 0 Å². The number of aliphatic hydroxyl groups is 1. The number of hydrogen-bond acceptors (Lipinski definition) is 7. The van der Waals surface area contributed by atoms with E-state index < -0.39 is 41.0 Å². The highest BCUT2D eigenvalue weighted by atomic mass is 16.6. The van der Waals surface area contributed by atoms with Gasteiger partial charge in [0.2, 0.25) is 0 Å². The summed E-state index contributed by atoms with van der Waals surface area (Å²) in [6.07, 6.45) is -2.00. The van der Waals surface area contributed by atoms with Crippen molar-refractivity contribution in [3.8, 4) is 0 Å². The molecule has 21 heavy (non-hydrogen) atoms. The monoisotopic (exact) mass is 299 g/mol. The molecule has 0 saturated heterocycles. The number of aliphatic hydroxyl groups excluding tert-OH is 1. The lowest BCUT2D eigenvalue weighted by molar-refractivity contribution is -0.545. The van der Waals surface area contributed by atoms with Crippen LogP contribution in [0.25, 0.3) is 20.9 Å². The fourth-order valence-corrected chi connectivity index (χ4v) is 2.35. The van der Waals surface area contributed by atoms with E-state index in [1.54, 1.807) is 0 Å². The Hall–Kier alpha value is -2.55. The summed E-state index contributed by atoms with van der Waals surface area (Å²) in [5.41, 5.74) is 16.9. The molecule has 0 aromatic rings. The van der Waals surface area contributed by atoms with Crippen molar-refractivity contribution in [2.45, 2.75) is 37.6 Å². The highest BCUT2D eigenvalue weighted by Gasteiger charge is 2.53. The largest absolute Gasteiger partial charge is 0.466 e. The summed E-state index contributed by atoms with van der Waals surface area (Å²) >= 11 is 0. The second-order valence-corrected chi connectivity index (χ2v) is 4.33. The quantitative estimate of drug-likeness (QED) is 0.197. The van der Waals surface area contributed by atoms with E-state index in [4.69, 9.17) is 15.8 Å². The maximum Gasteiger partial charge on any atom is 0.316 e. The van der Waals surface area contributed by atoms with E-state index in [1.165, 1.54) is 6.92 Å². The van der Waals surface area contributed by atoms with Crippen LogP contribution in [0.1, 0.15) is 13.3 Å². The number of nitro groups is 1. The lowest BCUT2D eigenvalue weighted by Gasteiger charge is -2.35. The molecule has 114 valence electrons. The smallest absolute Gasteiger partial charge is 0.316 e. The molecule has 1 fully saturated rings. The molecule has 0 bridgehead atoms. The maximum atomic E-state index is 11.8. The summed E-state index contributed by atoms with van der Waals surface area (Å²) in [6.45, 7) is 1.55. The third kappa shape index (κ3) is 3.51. The van der Waals surface area contributed by atoms with Crippen molar-refractivity contribution in [3.05, 3.63) is 31.0 Å². The zero-order chi connectivity index (χ0) is 16.0. The van der Waals surface area contributed by atoms with E-state index in [1.807, 2.05) is 0 Å². The number of carbonyl (C=O) groups excluding carboxylic acids is 1. The SMILES string of the molecule is CCOC(=O)C1CC(N=[N+]=[N-])C(N=[N+]=[N-])[C@H](O)C1[N+](=O)[O-]. The van der Waals surface area contributed by atoms with E-state index in [0.29, 0.717) is 0 Å². The van der Waals surface area contributed by atoms with Crippen LogP contribution in [-0.4, -0.2) is 46.8 Å². The molecule has 0 heterocycles. The Morgan fingerprint density at radius 2 is 2.10 bits per heavy atom. The van der Waals surface area contributed by atoms with Gasteiger partial charge in [0.15, 0.2) is 0 Å². The average molecular weight is 299 g/mol. The fourth-order valence-electron chi connectivity index (χ4n) is 2.35. The molecule has 1 rings (SSSR count). The molecule has 1 saturated carbocycles. The Morgan fingerprint density at radius 1 is 1.48 bits per heavy atom. The summed E-state index contributed by atoms with van der Waals surface area (Å²) in [5, 5.41) is 27.7. The zero-order valence-electron chi connectivity index (χ0n) is 11.0. The van der Waals surface area contributed by atoms with E-state index in [0.717, 1.165) is 0 Å². The van der Waals surface area contributed by atoms with Crippen LogP contribution in [0.5, 0.6) is 0 Å². The topological polar surface area (TPSA) is 187 Å². The van der Waals surface area contributed by atoms with Gasteiger partial charge in [0.05, 0.1) is 12.6 Å². The molecule has 4 unspecified atom stereocenters. The van der Waals surface area contributed by atoms with Crippen LogP contribution < -0.4 is 0 Å². The first-order valence-corrected chi connectivity index (χ1v) is 6.04. The van der Waals surface area contributed by atoms with E-state index >= 15 is 0 Å². The van der Waals surface area contributed by atoms with Gasteiger partial charge in [-0.3, -0.25) is 14.9 Å². The van der Waals surface area contributed by atoms with Gasteiger partial charge in [0.25, 0.3) is 6.04 Å². The van der Waals surface area contributed by atoms with Gasteiger partial charge in [-0.05, 0) is 24.4 Å². The third-order valence-electron chi connectivity index (χ3n) is 3.22. The number of ether oxygens (including phenoxy) is 1. The molecule has 1 aliphatic carbocycles. The summed E-state index contributed by atoms with van der Waals surface area (Å²) in [7, 11) is 0. The molecule has 1 aliphatic rings. The molecule has 0 amide bonds. The highest BCUT2D eigenvalue weighted by molar-refractivity contribution is 5.73. The number of hydrogen-bond donors (Lipinski definition) is 1. The number of nitrogens with zero attached hydrogens (tertiary/aromatic N) is 7. The number of carbonyl (C=O) groups is 1. The van der Waals surface area contributed by atoms with Gasteiger partial charge < -0.3 is 9.84 Å². The maximum absolute atomic E-state index is 11.8. The van der Waals surface area contributed by atoms with E-state index in [9.17, 15) is 20.0 Å². The zero-order valence-corrected chi connectivity index (χ0v) is 11.0.